The molecule has 1 aromatic carbocycles. The Morgan fingerprint density at radius 1 is 1.27 bits per heavy atom. The van der Waals surface area contributed by atoms with Crippen LogP contribution in [0.15, 0.2) is 29.3 Å². The van der Waals surface area contributed by atoms with Crippen LogP contribution in [-0.4, -0.2) is 21.1 Å². The third-order valence-corrected chi connectivity index (χ3v) is 6.68. The van der Waals surface area contributed by atoms with E-state index in [9.17, 15) is 9.18 Å². The van der Waals surface area contributed by atoms with E-state index in [4.69, 9.17) is 0 Å². The first-order valence-electron chi connectivity index (χ1n) is 8.53. The van der Waals surface area contributed by atoms with Crippen LogP contribution in [-0.2, 0) is 17.6 Å². The fourth-order valence-electron chi connectivity index (χ4n) is 3.15. The second-order valence-electron chi connectivity index (χ2n) is 6.37. The predicted octanol–water partition coefficient (Wildman–Crippen LogP) is 4.75. The molecule has 0 bridgehead atoms. The number of benzene rings is 1. The van der Waals surface area contributed by atoms with Crippen molar-refractivity contribution in [2.24, 2.45) is 0 Å². The van der Waals surface area contributed by atoms with Crippen molar-refractivity contribution < 1.29 is 9.18 Å². The highest BCUT2D eigenvalue weighted by molar-refractivity contribution is 8.00. The lowest BCUT2D eigenvalue weighted by Gasteiger charge is -2.13. The van der Waals surface area contributed by atoms with Crippen molar-refractivity contribution >= 4 is 44.9 Å². The summed E-state index contributed by atoms with van der Waals surface area (Å²) in [5.41, 5.74) is 1.95. The van der Waals surface area contributed by atoms with Crippen LogP contribution in [0.25, 0.3) is 10.2 Å². The summed E-state index contributed by atoms with van der Waals surface area (Å²) in [4.78, 5) is 24.2. The first kappa shape index (κ1) is 17.4. The highest BCUT2D eigenvalue weighted by Crippen LogP contribution is 2.41. The normalized spacial score (nSPS) is 14.4. The molecule has 0 aliphatic heterocycles. The smallest absolute Gasteiger partial charge is 0.237 e. The first-order valence-corrected chi connectivity index (χ1v) is 10.2. The molecule has 0 unspecified atom stereocenters. The number of carbonyl (C=O) groups is 1. The molecule has 134 valence electrons. The SMILES string of the molecule is Cc1nc(S[C@@H](C)C(=O)Nc2ccc(F)cc2)c2c3c(sc2n1)CCC3. The number of nitrogens with one attached hydrogen (secondary N) is 1. The molecule has 0 saturated heterocycles. The number of nitrogens with zero attached hydrogens (tertiary/aromatic N) is 2. The van der Waals surface area contributed by atoms with Crippen LogP contribution >= 0.6 is 23.1 Å². The molecular formula is C19H18FN3OS2. The standard InChI is InChI=1S/C19H18FN3OS2/c1-10(17(24)23-13-8-6-12(20)7-9-13)25-18-16-14-4-3-5-15(14)26-19(16)22-11(2)21-18/h6-10H,3-5H2,1-2H3,(H,23,24)/t10-/m0/s1. The van der Waals surface area contributed by atoms with E-state index in [0.717, 1.165) is 33.9 Å². The monoisotopic (exact) mass is 387 g/mol. The Kier molecular flexibility index (Phi) is 4.67. The number of fused-ring (bicyclic) bond motifs is 3. The highest BCUT2D eigenvalue weighted by Gasteiger charge is 2.24. The van der Waals surface area contributed by atoms with Crippen molar-refractivity contribution in [3.63, 3.8) is 0 Å². The Balaban J connectivity index is 1.58. The number of carbonyl (C=O) groups excluding carboxylic acids is 1. The van der Waals surface area contributed by atoms with E-state index in [-0.39, 0.29) is 17.0 Å². The minimum atomic E-state index is -0.325. The zero-order valence-electron chi connectivity index (χ0n) is 14.5. The lowest BCUT2D eigenvalue weighted by atomic mass is 10.2. The molecule has 0 fully saturated rings. The van der Waals surface area contributed by atoms with Gasteiger partial charge < -0.3 is 5.32 Å². The summed E-state index contributed by atoms with van der Waals surface area (Å²) in [5, 5.41) is 4.51. The Labute approximate surface area is 159 Å². The van der Waals surface area contributed by atoms with Gasteiger partial charge in [-0.1, -0.05) is 11.8 Å². The summed E-state index contributed by atoms with van der Waals surface area (Å²) in [6.07, 6.45) is 3.35. The van der Waals surface area contributed by atoms with Crippen molar-refractivity contribution in [1.29, 1.82) is 0 Å². The summed E-state index contributed by atoms with van der Waals surface area (Å²) < 4.78 is 13.0. The van der Waals surface area contributed by atoms with Crippen molar-refractivity contribution in [3.05, 3.63) is 46.3 Å². The van der Waals surface area contributed by atoms with Gasteiger partial charge in [-0.3, -0.25) is 4.79 Å². The summed E-state index contributed by atoms with van der Waals surface area (Å²) in [6, 6.07) is 5.78. The molecule has 1 atom stereocenters. The quantitative estimate of drug-likeness (QED) is 0.519. The van der Waals surface area contributed by atoms with E-state index >= 15 is 0 Å². The molecule has 1 N–H and O–H groups in total. The van der Waals surface area contributed by atoms with E-state index in [0.29, 0.717) is 5.69 Å². The van der Waals surface area contributed by atoms with Crippen molar-refractivity contribution in [2.75, 3.05) is 5.32 Å². The predicted molar refractivity (Wildman–Crippen MR) is 105 cm³/mol. The van der Waals surface area contributed by atoms with E-state index in [1.165, 1.54) is 40.8 Å². The fourth-order valence-corrected chi connectivity index (χ4v) is 5.54. The average molecular weight is 388 g/mol. The molecule has 4 nitrogen and oxygen atoms in total. The highest BCUT2D eigenvalue weighted by atomic mass is 32.2. The molecule has 3 aromatic rings. The lowest BCUT2D eigenvalue weighted by Crippen LogP contribution is -2.22. The minimum absolute atomic E-state index is 0.127. The number of hydrogen-bond acceptors (Lipinski definition) is 5. The van der Waals surface area contributed by atoms with Gasteiger partial charge in [0.05, 0.1) is 5.25 Å². The minimum Gasteiger partial charge on any atom is -0.325 e. The molecule has 0 radical (unpaired) electrons. The molecule has 1 aliphatic carbocycles. The Morgan fingerprint density at radius 2 is 2.04 bits per heavy atom. The third kappa shape index (κ3) is 3.33. The number of amides is 1. The lowest BCUT2D eigenvalue weighted by molar-refractivity contribution is -0.115. The third-order valence-electron chi connectivity index (χ3n) is 4.41. The molecule has 2 aromatic heterocycles. The van der Waals surface area contributed by atoms with Crippen molar-refractivity contribution in [3.8, 4) is 0 Å². The number of hydrogen-bond donors (Lipinski definition) is 1. The van der Waals surface area contributed by atoms with Crippen molar-refractivity contribution in [1.82, 2.24) is 9.97 Å². The van der Waals surface area contributed by atoms with E-state index in [1.807, 2.05) is 13.8 Å². The van der Waals surface area contributed by atoms with Gasteiger partial charge in [-0.25, -0.2) is 14.4 Å². The summed E-state index contributed by atoms with van der Waals surface area (Å²) in [6.45, 7) is 3.75. The van der Waals surface area contributed by atoms with E-state index in [1.54, 1.807) is 23.5 Å². The molecule has 7 heteroatoms. The van der Waals surface area contributed by atoms with Crippen molar-refractivity contribution in [2.45, 2.75) is 43.4 Å². The van der Waals surface area contributed by atoms with Crippen LogP contribution in [0.4, 0.5) is 10.1 Å². The number of anilines is 1. The zero-order chi connectivity index (χ0) is 18.3. The second kappa shape index (κ2) is 6.96. The number of thioether (sulfide) groups is 1. The summed E-state index contributed by atoms with van der Waals surface area (Å²) >= 11 is 3.21. The van der Waals surface area contributed by atoms with Gasteiger partial charge in [0.15, 0.2) is 0 Å². The van der Waals surface area contributed by atoms with Crippen LogP contribution in [0, 0.1) is 12.7 Å². The van der Waals surface area contributed by atoms with E-state index in [2.05, 4.69) is 15.3 Å². The summed E-state index contributed by atoms with van der Waals surface area (Å²) in [7, 11) is 0. The maximum atomic E-state index is 13.0. The number of halogens is 1. The molecule has 2 heterocycles. The van der Waals surface area contributed by atoms with Crippen LogP contribution in [0.3, 0.4) is 0 Å². The van der Waals surface area contributed by atoms with Gasteiger partial charge in [0.1, 0.15) is 21.5 Å². The van der Waals surface area contributed by atoms with Crippen LogP contribution < -0.4 is 5.32 Å². The van der Waals surface area contributed by atoms with Gasteiger partial charge in [0, 0.05) is 16.0 Å². The number of aromatic nitrogens is 2. The molecule has 1 amide bonds. The van der Waals surface area contributed by atoms with Gasteiger partial charge in [0.25, 0.3) is 0 Å². The molecule has 4 rings (SSSR count). The summed E-state index contributed by atoms with van der Waals surface area (Å²) in [5.74, 6) is 0.277. The largest absolute Gasteiger partial charge is 0.325 e. The molecule has 1 aliphatic rings. The molecule has 0 saturated carbocycles. The van der Waals surface area contributed by atoms with Crippen LogP contribution in [0.2, 0.25) is 0 Å². The molecule has 26 heavy (non-hydrogen) atoms. The van der Waals surface area contributed by atoms with E-state index < -0.39 is 0 Å². The maximum absolute atomic E-state index is 13.0. The maximum Gasteiger partial charge on any atom is 0.237 e. The Morgan fingerprint density at radius 3 is 2.81 bits per heavy atom. The van der Waals surface area contributed by atoms with Crippen LogP contribution in [0.1, 0.15) is 29.6 Å². The Bertz CT molecular complexity index is 985. The average Bonchev–Trinajstić information content (AvgIpc) is 3.17. The van der Waals surface area contributed by atoms with Gasteiger partial charge in [0.2, 0.25) is 5.91 Å². The topological polar surface area (TPSA) is 54.9 Å². The van der Waals surface area contributed by atoms with Gasteiger partial charge >= 0.3 is 0 Å². The van der Waals surface area contributed by atoms with Gasteiger partial charge in [-0.15, -0.1) is 11.3 Å². The van der Waals surface area contributed by atoms with Gasteiger partial charge in [-0.05, 0) is 62.9 Å². The second-order valence-corrected chi connectivity index (χ2v) is 8.78. The number of rotatable bonds is 4. The zero-order valence-corrected chi connectivity index (χ0v) is 16.1. The number of aryl methyl sites for hydroxylation is 3. The Hall–Kier alpha value is -1.99. The fraction of sp³-hybridized carbons (Fsp3) is 0.316. The number of thiophene rings is 1. The van der Waals surface area contributed by atoms with Gasteiger partial charge in [-0.2, -0.15) is 0 Å². The molecule has 0 spiro atoms. The van der Waals surface area contributed by atoms with Crippen LogP contribution in [0.5, 0.6) is 0 Å². The first-order chi connectivity index (χ1) is 12.5. The molecular weight excluding hydrogens is 369 g/mol.